The molecule has 0 radical (unpaired) electrons. The van der Waals surface area contributed by atoms with Crippen molar-refractivity contribution in [1.82, 2.24) is 4.72 Å². The van der Waals surface area contributed by atoms with E-state index in [4.69, 9.17) is 9.47 Å². The Morgan fingerprint density at radius 2 is 1.85 bits per heavy atom. The molecule has 2 aromatic rings. The fourth-order valence-corrected chi connectivity index (χ4v) is 3.26. The van der Waals surface area contributed by atoms with E-state index >= 15 is 0 Å². The second-order valence-electron chi connectivity index (χ2n) is 6.02. The van der Waals surface area contributed by atoms with Crippen molar-refractivity contribution in [2.24, 2.45) is 0 Å². The van der Waals surface area contributed by atoms with E-state index in [1.807, 2.05) is 14.1 Å². The molecule has 0 aliphatic rings. The smallest absolute Gasteiger partial charge is 0.312 e. The maximum atomic E-state index is 12.3. The largest absolute Gasteiger partial charge is 0.497 e. The number of hydrogen-bond donors (Lipinski definition) is 2. The fraction of sp³-hybridized carbons (Fsp3) is 0.294. The highest BCUT2D eigenvalue weighted by molar-refractivity contribution is 7.89. The lowest BCUT2D eigenvalue weighted by molar-refractivity contribution is -0.856. The van der Waals surface area contributed by atoms with E-state index in [2.05, 4.69) is 4.72 Å². The topological polar surface area (TPSA) is 112 Å². The summed E-state index contributed by atoms with van der Waals surface area (Å²) in [7, 11) is 1.42. The van der Waals surface area contributed by atoms with Gasteiger partial charge in [-0.05, 0) is 24.3 Å². The normalized spacial score (nSPS) is 11.4. The van der Waals surface area contributed by atoms with Gasteiger partial charge in [0, 0.05) is 12.1 Å². The highest BCUT2D eigenvalue weighted by Gasteiger charge is 2.23. The standard InChI is InChI=1S/C17H21N3O6S/c1-19(2)10-9-18-27(23,24)15-7-8-17(16(12-15)20(21)22)26-14-6-4-5-13(11-14)25-3/h4-8,11-12,18H,9-10H2,1-3H3/p+1. The zero-order valence-electron chi connectivity index (χ0n) is 15.3. The zero-order valence-corrected chi connectivity index (χ0v) is 16.1. The first-order valence-electron chi connectivity index (χ1n) is 8.12. The van der Waals surface area contributed by atoms with Gasteiger partial charge >= 0.3 is 5.69 Å². The molecule has 0 aromatic heterocycles. The Morgan fingerprint density at radius 1 is 1.15 bits per heavy atom. The first kappa shape index (κ1) is 20.6. The van der Waals surface area contributed by atoms with Crippen LogP contribution in [0.5, 0.6) is 17.2 Å². The van der Waals surface area contributed by atoms with Crippen molar-refractivity contribution < 1.29 is 27.7 Å². The van der Waals surface area contributed by atoms with Gasteiger partial charge in [-0.1, -0.05) is 6.07 Å². The van der Waals surface area contributed by atoms with Crippen molar-refractivity contribution >= 4 is 15.7 Å². The van der Waals surface area contributed by atoms with Gasteiger partial charge in [0.2, 0.25) is 15.8 Å². The lowest BCUT2D eigenvalue weighted by atomic mass is 10.3. The molecule has 9 nitrogen and oxygen atoms in total. The number of ether oxygens (including phenoxy) is 2. The number of nitro benzene ring substituents is 1. The summed E-state index contributed by atoms with van der Waals surface area (Å²) < 4.78 is 37.7. The molecule has 0 fully saturated rings. The number of benzene rings is 2. The lowest BCUT2D eigenvalue weighted by Gasteiger charge is -2.11. The molecule has 0 heterocycles. The van der Waals surface area contributed by atoms with Crippen LogP contribution in [0.3, 0.4) is 0 Å². The Hall–Kier alpha value is -2.69. The van der Waals surface area contributed by atoms with Crippen LogP contribution in [0.15, 0.2) is 47.4 Å². The Morgan fingerprint density at radius 3 is 2.48 bits per heavy atom. The monoisotopic (exact) mass is 396 g/mol. The number of hydrogen-bond acceptors (Lipinski definition) is 6. The average Bonchev–Trinajstić information content (AvgIpc) is 2.61. The molecule has 10 heteroatoms. The summed E-state index contributed by atoms with van der Waals surface area (Å²) in [6.07, 6.45) is 0. The highest BCUT2D eigenvalue weighted by atomic mass is 32.2. The molecule has 0 unspecified atom stereocenters. The summed E-state index contributed by atoms with van der Waals surface area (Å²) in [5, 5.41) is 11.4. The maximum absolute atomic E-state index is 12.3. The Balaban J connectivity index is 2.29. The first-order valence-corrected chi connectivity index (χ1v) is 9.60. The predicted octanol–water partition coefficient (Wildman–Crippen LogP) is 0.819. The maximum Gasteiger partial charge on any atom is 0.312 e. The third-order valence-corrected chi connectivity index (χ3v) is 5.08. The molecule has 0 aliphatic carbocycles. The number of likely N-dealkylation sites (N-methyl/N-ethyl adjacent to an activating group) is 1. The molecular formula is C17H22N3O6S+. The van der Waals surface area contributed by atoms with Crippen LogP contribution in [0.1, 0.15) is 0 Å². The van der Waals surface area contributed by atoms with Crippen LogP contribution < -0.4 is 19.1 Å². The Kier molecular flexibility index (Phi) is 6.72. The van der Waals surface area contributed by atoms with Crippen molar-refractivity contribution in [2.75, 3.05) is 34.3 Å². The molecule has 2 aromatic carbocycles. The van der Waals surface area contributed by atoms with Crippen molar-refractivity contribution in [3.63, 3.8) is 0 Å². The molecule has 0 atom stereocenters. The van der Waals surface area contributed by atoms with Crippen LogP contribution in [-0.4, -0.2) is 47.6 Å². The molecule has 0 aliphatic heterocycles. The van der Waals surface area contributed by atoms with Crippen LogP contribution in [0, 0.1) is 10.1 Å². The number of nitro groups is 1. The predicted molar refractivity (Wildman–Crippen MR) is 99.0 cm³/mol. The third-order valence-electron chi connectivity index (χ3n) is 3.62. The van der Waals surface area contributed by atoms with Gasteiger partial charge in [0.25, 0.3) is 0 Å². The van der Waals surface area contributed by atoms with Gasteiger partial charge in [0.15, 0.2) is 0 Å². The second kappa shape index (κ2) is 8.80. The zero-order chi connectivity index (χ0) is 20.0. The van der Waals surface area contributed by atoms with E-state index in [9.17, 15) is 18.5 Å². The van der Waals surface area contributed by atoms with Crippen LogP contribution in [0.25, 0.3) is 0 Å². The molecule has 0 amide bonds. The van der Waals surface area contributed by atoms with E-state index in [1.54, 1.807) is 24.3 Å². The highest BCUT2D eigenvalue weighted by Crippen LogP contribution is 2.34. The number of nitrogens with zero attached hydrogens (tertiary/aromatic N) is 1. The van der Waals surface area contributed by atoms with E-state index in [-0.39, 0.29) is 17.2 Å². The minimum atomic E-state index is -3.86. The molecule has 0 spiro atoms. The number of rotatable bonds is 9. The van der Waals surface area contributed by atoms with Crippen LogP contribution in [0.4, 0.5) is 5.69 Å². The van der Waals surface area contributed by atoms with Gasteiger partial charge in [0.1, 0.15) is 11.5 Å². The van der Waals surface area contributed by atoms with Gasteiger partial charge in [-0.3, -0.25) is 10.1 Å². The van der Waals surface area contributed by atoms with E-state index in [0.29, 0.717) is 18.0 Å². The number of methoxy groups -OCH3 is 1. The van der Waals surface area contributed by atoms with Crippen molar-refractivity contribution in [3.8, 4) is 17.2 Å². The van der Waals surface area contributed by atoms with Crippen molar-refractivity contribution in [2.45, 2.75) is 4.90 Å². The van der Waals surface area contributed by atoms with Crippen molar-refractivity contribution in [3.05, 3.63) is 52.6 Å². The summed E-state index contributed by atoms with van der Waals surface area (Å²) in [6.45, 7) is 0.804. The average molecular weight is 396 g/mol. The van der Waals surface area contributed by atoms with Crippen molar-refractivity contribution in [1.29, 1.82) is 0 Å². The summed E-state index contributed by atoms with van der Waals surface area (Å²) in [6, 6.07) is 10.1. The number of nitrogens with one attached hydrogen (secondary N) is 2. The SMILES string of the molecule is COc1cccc(Oc2ccc(S(=O)(=O)NCC[NH+](C)C)cc2[N+](=O)[O-])c1. The fourth-order valence-electron chi connectivity index (χ4n) is 2.20. The van der Waals surface area contributed by atoms with Gasteiger partial charge in [0.05, 0.1) is 44.1 Å². The minimum Gasteiger partial charge on any atom is -0.497 e. The lowest BCUT2D eigenvalue weighted by Crippen LogP contribution is -3.06. The van der Waals surface area contributed by atoms with Gasteiger partial charge in [-0.2, -0.15) is 0 Å². The summed E-state index contributed by atoms with van der Waals surface area (Å²) in [5.41, 5.74) is -0.445. The van der Waals surface area contributed by atoms with Crippen LogP contribution in [0.2, 0.25) is 0 Å². The number of sulfonamides is 1. The van der Waals surface area contributed by atoms with Gasteiger partial charge < -0.3 is 14.4 Å². The summed E-state index contributed by atoms with van der Waals surface area (Å²) in [5.74, 6) is 0.798. The van der Waals surface area contributed by atoms with Crippen LogP contribution >= 0.6 is 0 Å². The Labute approximate surface area is 157 Å². The van der Waals surface area contributed by atoms with E-state index < -0.39 is 20.6 Å². The summed E-state index contributed by atoms with van der Waals surface area (Å²) >= 11 is 0. The molecule has 0 saturated carbocycles. The number of quaternary nitrogens is 1. The molecule has 0 bridgehead atoms. The molecule has 146 valence electrons. The minimum absolute atomic E-state index is 0.0649. The molecule has 27 heavy (non-hydrogen) atoms. The molecule has 2 N–H and O–H groups in total. The molecule has 2 rings (SSSR count). The molecular weight excluding hydrogens is 374 g/mol. The van der Waals surface area contributed by atoms with Gasteiger partial charge in [-0.15, -0.1) is 0 Å². The van der Waals surface area contributed by atoms with Gasteiger partial charge in [-0.25, -0.2) is 13.1 Å². The first-order chi connectivity index (χ1) is 12.7. The third kappa shape index (κ3) is 5.64. The van der Waals surface area contributed by atoms with Crippen LogP contribution in [-0.2, 0) is 10.0 Å². The quantitative estimate of drug-likeness (QED) is 0.479. The Bertz CT molecular complexity index is 915. The molecule has 0 saturated heterocycles. The summed E-state index contributed by atoms with van der Waals surface area (Å²) in [4.78, 5) is 11.6. The van der Waals surface area contributed by atoms with E-state index in [0.717, 1.165) is 11.0 Å². The second-order valence-corrected chi connectivity index (χ2v) is 7.79. The van der Waals surface area contributed by atoms with E-state index in [1.165, 1.54) is 19.2 Å².